The molecule has 0 bridgehead atoms. The van der Waals surface area contributed by atoms with Crippen molar-refractivity contribution in [2.75, 3.05) is 0 Å². The second-order valence-electron chi connectivity index (χ2n) is 2.82. The molecule has 1 aromatic heterocycles. The summed E-state index contributed by atoms with van der Waals surface area (Å²) in [6.45, 7) is 1.71. The largest absolute Gasteiger partial charge is 0.207 e. The average Bonchev–Trinajstić information content (AvgIpc) is 2.57. The van der Waals surface area contributed by atoms with Crippen molar-refractivity contribution in [1.82, 2.24) is 10.2 Å². The quantitative estimate of drug-likeness (QED) is 0.749. The lowest BCUT2D eigenvalue weighted by molar-refractivity contribution is 0.619. The topological polar surface area (TPSA) is 25.8 Å². The maximum Gasteiger partial charge on any atom is 0.207 e. The molecule has 2 aromatic rings. The number of aromatic nitrogens is 2. The van der Waals surface area contributed by atoms with Gasteiger partial charge >= 0.3 is 0 Å². The molecule has 1 aromatic carbocycles. The van der Waals surface area contributed by atoms with Crippen molar-refractivity contribution < 1.29 is 4.39 Å². The molecule has 0 radical (unpaired) electrons. The van der Waals surface area contributed by atoms with Gasteiger partial charge in [0.1, 0.15) is 10.8 Å². The van der Waals surface area contributed by atoms with Crippen LogP contribution in [0.25, 0.3) is 10.6 Å². The molecule has 0 spiro atoms. The summed E-state index contributed by atoms with van der Waals surface area (Å²) in [6, 6.07) is 4.95. The standard InChI is InChI=1S/C9H6ClFN2S/c1-5-2-3-6(4-7(5)11)8-12-13-9(10)14-8/h2-4H,1H3. The number of nitrogens with zero attached hydrogens (tertiary/aromatic N) is 2. The van der Waals surface area contributed by atoms with Gasteiger partial charge in [0, 0.05) is 5.56 Å². The molecule has 0 aliphatic rings. The van der Waals surface area contributed by atoms with E-state index in [1.807, 2.05) is 0 Å². The van der Waals surface area contributed by atoms with Gasteiger partial charge in [0.2, 0.25) is 4.47 Å². The first kappa shape index (κ1) is 9.55. The van der Waals surface area contributed by atoms with Crippen molar-refractivity contribution in [2.45, 2.75) is 6.92 Å². The Balaban J connectivity index is 2.47. The molecule has 0 atom stereocenters. The van der Waals surface area contributed by atoms with Crippen LogP contribution in [-0.4, -0.2) is 10.2 Å². The van der Waals surface area contributed by atoms with E-state index in [0.29, 0.717) is 20.6 Å². The van der Waals surface area contributed by atoms with Gasteiger partial charge in [0.25, 0.3) is 0 Å². The zero-order valence-corrected chi connectivity index (χ0v) is 8.86. The molecule has 5 heteroatoms. The van der Waals surface area contributed by atoms with E-state index in [9.17, 15) is 4.39 Å². The minimum atomic E-state index is -0.242. The summed E-state index contributed by atoms with van der Waals surface area (Å²) in [5.74, 6) is -0.242. The fourth-order valence-electron chi connectivity index (χ4n) is 1.05. The predicted octanol–water partition coefficient (Wildman–Crippen LogP) is 3.31. The highest BCUT2D eigenvalue weighted by molar-refractivity contribution is 7.18. The molecule has 0 saturated carbocycles. The van der Waals surface area contributed by atoms with E-state index >= 15 is 0 Å². The van der Waals surface area contributed by atoms with Crippen LogP contribution in [-0.2, 0) is 0 Å². The van der Waals surface area contributed by atoms with E-state index in [2.05, 4.69) is 10.2 Å². The zero-order chi connectivity index (χ0) is 10.1. The van der Waals surface area contributed by atoms with Crippen LogP contribution < -0.4 is 0 Å². The maximum absolute atomic E-state index is 13.2. The van der Waals surface area contributed by atoms with Crippen molar-refractivity contribution in [1.29, 1.82) is 0 Å². The van der Waals surface area contributed by atoms with Crippen LogP contribution in [0, 0.1) is 12.7 Å². The number of aryl methyl sites for hydroxylation is 1. The molecule has 72 valence electrons. The lowest BCUT2D eigenvalue weighted by atomic mass is 10.1. The molecular weight excluding hydrogens is 223 g/mol. The van der Waals surface area contributed by atoms with Crippen LogP contribution in [0.2, 0.25) is 4.47 Å². The Morgan fingerprint density at radius 3 is 2.71 bits per heavy atom. The van der Waals surface area contributed by atoms with E-state index in [1.165, 1.54) is 17.4 Å². The Morgan fingerprint density at radius 1 is 1.36 bits per heavy atom. The molecule has 0 unspecified atom stereocenters. The predicted molar refractivity (Wildman–Crippen MR) is 55.1 cm³/mol. The van der Waals surface area contributed by atoms with Gasteiger partial charge in [-0.2, -0.15) is 0 Å². The van der Waals surface area contributed by atoms with Crippen molar-refractivity contribution in [3.63, 3.8) is 0 Å². The maximum atomic E-state index is 13.2. The summed E-state index contributed by atoms with van der Waals surface area (Å²) in [5, 5.41) is 8.12. The van der Waals surface area contributed by atoms with E-state index in [-0.39, 0.29) is 5.82 Å². The summed E-state index contributed by atoms with van der Waals surface area (Å²) in [5.41, 5.74) is 1.32. The van der Waals surface area contributed by atoms with Crippen molar-refractivity contribution in [2.24, 2.45) is 0 Å². The average molecular weight is 229 g/mol. The summed E-state index contributed by atoms with van der Waals surface area (Å²) in [7, 11) is 0. The van der Waals surface area contributed by atoms with E-state index in [1.54, 1.807) is 19.1 Å². The highest BCUT2D eigenvalue weighted by Crippen LogP contribution is 2.26. The van der Waals surface area contributed by atoms with Crippen LogP contribution in [0.15, 0.2) is 18.2 Å². The Morgan fingerprint density at radius 2 is 2.14 bits per heavy atom. The summed E-state index contributed by atoms with van der Waals surface area (Å²) in [6.07, 6.45) is 0. The van der Waals surface area contributed by atoms with Crippen LogP contribution in [0.3, 0.4) is 0 Å². The molecule has 0 saturated heterocycles. The number of hydrogen-bond donors (Lipinski definition) is 0. The molecule has 1 heterocycles. The van der Waals surface area contributed by atoms with Crippen molar-refractivity contribution >= 4 is 22.9 Å². The van der Waals surface area contributed by atoms with Gasteiger partial charge in [-0.15, -0.1) is 10.2 Å². The van der Waals surface area contributed by atoms with Crippen LogP contribution >= 0.6 is 22.9 Å². The van der Waals surface area contributed by atoms with Gasteiger partial charge in [0.05, 0.1) is 0 Å². The van der Waals surface area contributed by atoms with Crippen LogP contribution in [0.4, 0.5) is 4.39 Å². The van der Waals surface area contributed by atoms with Crippen LogP contribution in [0.1, 0.15) is 5.56 Å². The first-order valence-electron chi connectivity index (χ1n) is 3.92. The monoisotopic (exact) mass is 228 g/mol. The van der Waals surface area contributed by atoms with Gasteiger partial charge < -0.3 is 0 Å². The summed E-state index contributed by atoms with van der Waals surface area (Å²) in [4.78, 5) is 0. The van der Waals surface area contributed by atoms with E-state index in [0.717, 1.165) is 0 Å². The number of hydrogen-bond acceptors (Lipinski definition) is 3. The molecule has 0 aliphatic carbocycles. The van der Waals surface area contributed by atoms with E-state index in [4.69, 9.17) is 11.6 Å². The Hall–Kier alpha value is -1.00. The Kier molecular flexibility index (Phi) is 2.48. The first-order valence-corrected chi connectivity index (χ1v) is 5.12. The second-order valence-corrected chi connectivity index (χ2v) is 4.38. The number of halogens is 2. The highest BCUT2D eigenvalue weighted by atomic mass is 35.5. The van der Waals surface area contributed by atoms with Gasteiger partial charge in [-0.1, -0.05) is 23.5 Å². The van der Waals surface area contributed by atoms with Crippen LogP contribution in [0.5, 0.6) is 0 Å². The molecule has 0 aliphatic heterocycles. The Bertz CT molecular complexity index is 470. The Labute approximate surface area is 89.4 Å². The van der Waals surface area contributed by atoms with E-state index < -0.39 is 0 Å². The minimum absolute atomic E-state index is 0.242. The lowest BCUT2D eigenvalue weighted by Crippen LogP contribution is -1.83. The first-order chi connectivity index (χ1) is 6.66. The third-order valence-electron chi connectivity index (χ3n) is 1.82. The fourth-order valence-corrected chi connectivity index (χ4v) is 1.87. The fraction of sp³-hybridized carbons (Fsp3) is 0.111. The molecule has 0 amide bonds. The normalized spacial score (nSPS) is 10.5. The second kappa shape index (κ2) is 3.63. The van der Waals surface area contributed by atoms with Gasteiger partial charge in [0.15, 0.2) is 0 Å². The molecule has 2 rings (SSSR count). The smallest absolute Gasteiger partial charge is 0.207 e. The van der Waals surface area contributed by atoms with Crippen molar-refractivity contribution in [3.05, 3.63) is 34.0 Å². The van der Waals surface area contributed by atoms with Gasteiger partial charge in [-0.3, -0.25) is 0 Å². The molecule has 0 fully saturated rings. The SMILES string of the molecule is Cc1ccc(-c2nnc(Cl)s2)cc1F. The molecule has 14 heavy (non-hydrogen) atoms. The van der Waals surface area contributed by atoms with Gasteiger partial charge in [-0.05, 0) is 30.2 Å². The molecule has 0 N–H and O–H groups in total. The molecular formula is C9H6ClFN2S. The van der Waals surface area contributed by atoms with Gasteiger partial charge in [-0.25, -0.2) is 4.39 Å². The molecule has 2 nitrogen and oxygen atoms in total. The lowest BCUT2D eigenvalue weighted by Gasteiger charge is -1.98. The third-order valence-corrected chi connectivity index (χ3v) is 2.89. The van der Waals surface area contributed by atoms with Crippen molar-refractivity contribution in [3.8, 4) is 10.6 Å². The highest BCUT2D eigenvalue weighted by Gasteiger charge is 2.06. The minimum Gasteiger partial charge on any atom is -0.207 e. The number of rotatable bonds is 1. The third kappa shape index (κ3) is 1.76. The summed E-state index contributed by atoms with van der Waals surface area (Å²) < 4.78 is 13.6. The zero-order valence-electron chi connectivity index (χ0n) is 7.29. The summed E-state index contributed by atoms with van der Waals surface area (Å²) >= 11 is 6.86. The number of benzene rings is 1.